The van der Waals surface area contributed by atoms with Crippen molar-refractivity contribution in [2.75, 3.05) is 26.3 Å². The van der Waals surface area contributed by atoms with E-state index in [1.165, 1.54) is 12.0 Å². The Balaban J connectivity index is 1.47. The Morgan fingerprint density at radius 3 is 2.33 bits per heavy atom. The van der Waals surface area contributed by atoms with Crippen molar-refractivity contribution in [2.24, 2.45) is 0 Å². The summed E-state index contributed by atoms with van der Waals surface area (Å²) in [7, 11) is 0. The molecular formula is C33H44N4O3. The second-order valence-electron chi connectivity index (χ2n) is 10.5. The maximum atomic E-state index is 14.0. The number of urea groups is 1. The number of nitrogens with one attached hydrogen (secondary N) is 1. The minimum absolute atomic E-state index is 0.00521. The molecule has 1 fully saturated rings. The Hall–Kier alpha value is -3.58. The summed E-state index contributed by atoms with van der Waals surface area (Å²) >= 11 is 0. The van der Waals surface area contributed by atoms with E-state index in [9.17, 15) is 9.59 Å². The van der Waals surface area contributed by atoms with Crippen LogP contribution in [0.3, 0.4) is 0 Å². The summed E-state index contributed by atoms with van der Waals surface area (Å²) in [4.78, 5) is 31.0. The maximum absolute atomic E-state index is 14.0. The number of ether oxygens (including phenoxy) is 1. The van der Waals surface area contributed by atoms with Gasteiger partial charge in [0.25, 0.3) is 0 Å². The summed E-state index contributed by atoms with van der Waals surface area (Å²) in [6.07, 6.45) is 8.27. The lowest BCUT2D eigenvalue weighted by Gasteiger charge is -2.36. The number of hydrogen-bond donors (Lipinski definition) is 1. The second kappa shape index (κ2) is 15.9. The van der Waals surface area contributed by atoms with E-state index >= 15 is 0 Å². The smallest absolute Gasteiger partial charge is 0.318 e. The van der Waals surface area contributed by atoms with Crippen molar-refractivity contribution in [1.29, 1.82) is 0 Å². The summed E-state index contributed by atoms with van der Waals surface area (Å²) < 4.78 is 7.74. The molecule has 1 saturated carbocycles. The predicted molar refractivity (Wildman–Crippen MR) is 159 cm³/mol. The lowest BCUT2D eigenvalue weighted by molar-refractivity contribution is -0.135. The largest absolute Gasteiger partial charge is 0.382 e. The molecule has 2 aromatic carbocycles. The van der Waals surface area contributed by atoms with Gasteiger partial charge in [0.05, 0.1) is 6.54 Å². The first-order chi connectivity index (χ1) is 19.6. The van der Waals surface area contributed by atoms with Gasteiger partial charge in [-0.2, -0.15) is 0 Å². The van der Waals surface area contributed by atoms with Crippen LogP contribution in [-0.4, -0.2) is 58.7 Å². The number of nitrogens with zero attached hydrogens (tertiary/aromatic N) is 3. The van der Waals surface area contributed by atoms with Gasteiger partial charge >= 0.3 is 6.03 Å². The van der Waals surface area contributed by atoms with Crippen molar-refractivity contribution in [3.8, 4) is 0 Å². The summed E-state index contributed by atoms with van der Waals surface area (Å²) in [5.74, 6) is 0.00521. The van der Waals surface area contributed by atoms with Gasteiger partial charge in [-0.1, -0.05) is 79.9 Å². The van der Waals surface area contributed by atoms with Gasteiger partial charge in [-0.15, -0.1) is 0 Å². The lowest BCUT2D eigenvalue weighted by Crippen LogP contribution is -2.50. The van der Waals surface area contributed by atoms with Crippen LogP contribution >= 0.6 is 0 Å². The molecule has 1 aliphatic rings. The van der Waals surface area contributed by atoms with Crippen LogP contribution in [0.25, 0.3) is 0 Å². The van der Waals surface area contributed by atoms with Crippen molar-refractivity contribution in [1.82, 2.24) is 19.7 Å². The zero-order valence-electron chi connectivity index (χ0n) is 23.8. The minimum atomic E-state index is -0.218. The Morgan fingerprint density at radius 1 is 0.925 bits per heavy atom. The van der Waals surface area contributed by atoms with Crippen LogP contribution < -0.4 is 5.32 Å². The third-order valence-electron chi connectivity index (χ3n) is 7.61. The topological polar surface area (TPSA) is 66.8 Å². The molecule has 0 radical (unpaired) electrons. The molecule has 1 aromatic heterocycles. The van der Waals surface area contributed by atoms with Gasteiger partial charge in [0, 0.05) is 50.8 Å². The van der Waals surface area contributed by atoms with Crippen molar-refractivity contribution in [3.63, 3.8) is 0 Å². The van der Waals surface area contributed by atoms with E-state index < -0.39 is 0 Å². The molecule has 214 valence electrons. The number of hydrogen-bond acceptors (Lipinski definition) is 3. The normalized spacial score (nSPS) is 13.6. The van der Waals surface area contributed by atoms with Crippen LogP contribution in [0.2, 0.25) is 0 Å². The average Bonchev–Trinajstić information content (AvgIpc) is 3.43. The Bertz CT molecular complexity index is 1160. The van der Waals surface area contributed by atoms with E-state index in [2.05, 4.69) is 52.5 Å². The predicted octanol–water partition coefficient (Wildman–Crippen LogP) is 5.84. The van der Waals surface area contributed by atoms with Crippen LogP contribution in [-0.2, 0) is 29.2 Å². The fraction of sp³-hybridized carbons (Fsp3) is 0.455. The summed E-state index contributed by atoms with van der Waals surface area (Å²) in [5.41, 5.74) is 3.37. The first kappa shape index (κ1) is 29.4. The highest BCUT2D eigenvalue weighted by Gasteiger charge is 2.28. The highest BCUT2D eigenvalue weighted by molar-refractivity contribution is 5.84. The van der Waals surface area contributed by atoms with Gasteiger partial charge in [-0.3, -0.25) is 4.79 Å². The molecule has 40 heavy (non-hydrogen) atoms. The SMILES string of the molecule is CCOCCCN(CC(=O)N(Cc1cccn1Cc1ccccc1)C1CCCCC1)C(=O)NCc1ccccc1. The van der Waals surface area contributed by atoms with Crippen LogP contribution in [0.4, 0.5) is 4.79 Å². The molecule has 0 bridgehead atoms. The number of aromatic nitrogens is 1. The molecule has 0 unspecified atom stereocenters. The summed E-state index contributed by atoms with van der Waals surface area (Å²) in [6, 6.07) is 24.4. The summed E-state index contributed by atoms with van der Waals surface area (Å²) in [5, 5.41) is 3.02. The molecule has 0 spiro atoms. The first-order valence-corrected chi connectivity index (χ1v) is 14.8. The third-order valence-corrected chi connectivity index (χ3v) is 7.61. The van der Waals surface area contributed by atoms with Crippen LogP contribution in [0.15, 0.2) is 79.0 Å². The molecule has 0 saturated heterocycles. The van der Waals surface area contributed by atoms with E-state index in [0.29, 0.717) is 39.3 Å². The highest BCUT2D eigenvalue weighted by atomic mass is 16.5. The number of benzene rings is 2. The molecule has 1 N–H and O–H groups in total. The molecule has 1 heterocycles. The molecule has 0 aliphatic heterocycles. The number of carbonyl (C=O) groups excluding carboxylic acids is 2. The number of amides is 3. The van der Waals surface area contributed by atoms with Gasteiger partial charge in [-0.05, 0) is 49.4 Å². The zero-order valence-corrected chi connectivity index (χ0v) is 23.8. The van der Waals surface area contributed by atoms with E-state index in [4.69, 9.17) is 4.74 Å². The highest BCUT2D eigenvalue weighted by Crippen LogP contribution is 2.25. The molecule has 0 atom stereocenters. The molecular weight excluding hydrogens is 500 g/mol. The quantitative estimate of drug-likeness (QED) is 0.260. The van der Waals surface area contributed by atoms with Gasteiger partial charge in [0.2, 0.25) is 5.91 Å². The molecule has 3 aromatic rings. The monoisotopic (exact) mass is 544 g/mol. The van der Waals surface area contributed by atoms with Crippen molar-refractivity contribution < 1.29 is 14.3 Å². The van der Waals surface area contributed by atoms with Crippen molar-refractivity contribution >= 4 is 11.9 Å². The number of rotatable bonds is 14. The second-order valence-corrected chi connectivity index (χ2v) is 10.5. The zero-order chi connectivity index (χ0) is 28.0. The van der Waals surface area contributed by atoms with E-state index in [1.54, 1.807) is 4.90 Å². The average molecular weight is 545 g/mol. The Labute approximate surface area is 239 Å². The lowest BCUT2D eigenvalue weighted by atomic mass is 9.94. The minimum Gasteiger partial charge on any atom is -0.382 e. The van der Waals surface area contributed by atoms with E-state index in [0.717, 1.165) is 43.5 Å². The molecule has 7 nitrogen and oxygen atoms in total. The van der Waals surface area contributed by atoms with Gasteiger partial charge in [0.15, 0.2) is 0 Å². The maximum Gasteiger partial charge on any atom is 0.318 e. The summed E-state index contributed by atoms with van der Waals surface area (Å²) in [6.45, 7) is 5.42. The Morgan fingerprint density at radius 2 is 1.62 bits per heavy atom. The molecule has 7 heteroatoms. The fourth-order valence-electron chi connectivity index (χ4n) is 5.41. The number of carbonyl (C=O) groups is 2. The van der Waals surface area contributed by atoms with Gasteiger partial charge in [0.1, 0.15) is 6.54 Å². The van der Waals surface area contributed by atoms with Crippen molar-refractivity contribution in [2.45, 2.75) is 71.1 Å². The first-order valence-electron chi connectivity index (χ1n) is 14.8. The fourth-order valence-corrected chi connectivity index (χ4v) is 5.41. The van der Waals surface area contributed by atoms with Crippen LogP contribution in [0.5, 0.6) is 0 Å². The molecule has 4 rings (SSSR count). The van der Waals surface area contributed by atoms with E-state index in [-0.39, 0.29) is 24.5 Å². The van der Waals surface area contributed by atoms with Gasteiger partial charge in [-0.25, -0.2) is 4.79 Å². The Kier molecular flexibility index (Phi) is 11.7. The van der Waals surface area contributed by atoms with E-state index in [1.807, 2.05) is 48.2 Å². The molecule has 1 aliphatic carbocycles. The van der Waals surface area contributed by atoms with Crippen LogP contribution in [0.1, 0.15) is 62.3 Å². The molecule has 3 amide bonds. The van der Waals surface area contributed by atoms with Crippen LogP contribution in [0, 0.1) is 0 Å². The van der Waals surface area contributed by atoms with Crippen molar-refractivity contribution in [3.05, 3.63) is 95.8 Å². The van der Waals surface area contributed by atoms with Gasteiger partial charge < -0.3 is 24.4 Å². The third kappa shape index (κ3) is 8.98. The standard InChI is InChI=1S/C33H44N4O3/c1-2-40-23-13-22-36(33(39)34-24-28-14-6-3-7-15-28)27-32(38)37(30-18-10-5-11-19-30)26-31-20-12-21-35(31)25-29-16-8-4-9-17-29/h3-4,6-9,12,14-17,20-21,30H,2,5,10-11,13,18-19,22-27H2,1H3,(H,34,39).